The van der Waals surface area contributed by atoms with Gasteiger partial charge >= 0.3 is 12.0 Å². The van der Waals surface area contributed by atoms with Crippen molar-refractivity contribution in [2.75, 3.05) is 18.4 Å². The van der Waals surface area contributed by atoms with Gasteiger partial charge in [0.25, 0.3) is 0 Å². The van der Waals surface area contributed by atoms with E-state index in [0.717, 1.165) is 5.57 Å². The molecule has 2 amide bonds. The van der Waals surface area contributed by atoms with E-state index < -0.39 is 12.0 Å². The summed E-state index contributed by atoms with van der Waals surface area (Å²) in [4.78, 5) is 24.9. The first-order chi connectivity index (χ1) is 9.76. The third kappa shape index (κ3) is 4.65. The number of rotatable bonds is 5. The minimum Gasteiger partial charge on any atom is -0.478 e. The highest BCUT2D eigenvalue weighted by atomic mass is 35.5. The van der Waals surface area contributed by atoms with E-state index in [1.807, 2.05) is 6.92 Å². The number of halogens is 2. The van der Waals surface area contributed by atoms with E-state index >= 15 is 0 Å². The first kappa shape index (κ1) is 17.3. The minimum absolute atomic E-state index is 0.0266. The fourth-order valence-electron chi connectivity index (χ4n) is 1.71. The molecule has 1 aromatic rings. The smallest absolute Gasteiger partial charge is 0.337 e. The fraction of sp³-hybridized carbons (Fsp3) is 0.286. The summed E-state index contributed by atoms with van der Waals surface area (Å²) < 4.78 is 0. The van der Waals surface area contributed by atoms with Crippen molar-refractivity contribution < 1.29 is 14.7 Å². The van der Waals surface area contributed by atoms with Crippen LogP contribution in [-0.4, -0.2) is 35.1 Å². The normalized spacial score (nSPS) is 10.1. The third-order valence-corrected chi connectivity index (χ3v) is 3.16. The highest BCUT2D eigenvalue weighted by Crippen LogP contribution is 2.30. The van der Waals surface area contributed by atoms with Crippen LogP contribution in [0.4, 0.5) is 10.5 Å². The number of benzene rings is 1. The average Bonchev–Trinajstić information content (AvgIpc) is 2.37. The summed E-state index contributed by atoms with van der Waals surface area (Å²) in [7, 11) is 0. The van der Waals surface area contributed by atoms with Crippen LogP contribution in [0.15, 0.2) is 24.3 Å². The molecule has 0 spiro atoms. The Morgan fingerprint density at radius 3 is 2.48 bits per heavy atom. The van der Waals surface area contributed by atoms with Crippen LogP contribution in [0, 0.1) is 0 Å². The zero-order valence-electron chi connectivity index (χ0n) is 11.7. The molecule has 7 heteroatoms. The second-order valence-corrected chi connectivity index (χ2v) is 5.36. The third-order valence-electron chi connectivity index (χ3n) is 2.65. The lowest BCUT2D eigenvalue weighted by Crippen LogP contribution is -2.36. The zero-order chi connectivity index (χ0) is 16.2. The van der Waals surface area contributed by atoms with E-state index in [1.165, 1.54) is 17.0 Å². The molecule has 21 heavy (non-hydrogen) atoms. The highest BCUT2D eigenvalue weighted by molar-refractivity contribution is 6.37. The molecule has 2 N–H and O–H groups in total. The Hall–Kier alpha value is -1.72. The van der Waals surface area contributed by atoms with Crippen molar-refractivity contribution in [2.24, 2.45) is 0 Å². The first-order valence-electron chi connectivity index (χ1n) is 6.18. The number of carbonyl (C=O) groups excluding carboxylic acids is 1. The van der Waals surface area contributed by atoms with Crippen molar-refractivity contribution in [3.63, 3.8) is 0 Å². The lowest BCUT2D eigenvalue weighted by molar-refractivity contribution is 0.0698. The number of anilines is 1. The number of carboxylic acid groups (broad SMARTS) is 1. The van der Waals surface area contributed by atoms with Crippen LogP contribution < -0.4 is 5.32 Å². The van der Waals surface area contributed by atoms with Crippen molar-refractivity contribution in [2.45, 2.75) is 13.8 Å². The Morgan fingerprint density at radius 1 is 1.38 bits per heavy atom. The Labute approximate surface area is 133 Å². The van der Waals surface area contributed by atoms with E-state index in [9.17, 15) is 14.7 Å². The molecule has 0 aliphatic rings. The molecule has 0 fully saturated rings. The van der Waals surface area contributed by atoms with Gasteiger partial charge < -0.3 is 15.3 Å². The van der Waals surface area contributed by atoms with Gasteiger partial charge in [0, 0.05) is 18.1 Å². The van der Waals surface area contributed by atoms with Crippen LogP contribution in [0.25, 0.3) is 0 Å². The number of hydrogen-bond acceptors (Lipinski definition) is 2. The Kier molecular flexibility index (Phi) is 6.05. The summed E-state index contributed by atoms with van der Waals surface area (Å²) in [6.07, 6.45) is 0. The van der Waals surface area contributed by atoms with Gasteiger partial charge in [0.2, 0.25) is 0 Å². The molecule has 5 nitrogen and oxygen atoms in total. The van der Waals surface area contributed by atoms with E-state index in [4.69, 9.17) is 23.2 Å². The fourth-order valence-corrected chi connectivity index (χ4v) is 2.25. The van der Waals surface area contributed by atoms with Crippen molar-refractivity contribution in [1.29, 1.82) is 0 Å². The Morgan fingerprint density at radius 2 is 2.00 bits per heavy atom. The number of carbonyl (C=O) groups is 2. The van der Waals surface area contributed by atoms with Crippen LogP contribution in [0.1, 0.15) is 24.2 Å². The quantitative estimate of drug-likeness (QED) is 0.797. The number of nitrogens with one attached hydrogen (secondary N) is 1. The van der Waals surface area contributed by atoms with Crippen molar-refractivity contribution in [3.05, 3.63) is 39.9 Å². The Balaban J connectivity index is 3.09. The number of carboxylic acids is 1. The summed E-state index contributed by atoms with van der Waals surface area (Å²) in [5.41, 5.74) is 0.679. The van der Waals surface area contributed by atoms with E-state index in [1.54, 1.807) is 6.92 Å². The van der Waals surface area contributed by atoms with Crippen molar-refractivity contribution in [3.8, 4) is 0 Å². The topological polar surface area (TPSA) is 69.6 Å². The monoisotopic (exact) mass is 330 g/mol. The highest BCUT2D eigenvalue weighted by Gasteiger charge is 2.19. The van der Waals surface area contributed by atoms with Crippen LogP contribution in [0.2, 0.25) is 10.0 Å². The maximum absolute atomic E-state index is 12.2. The van der Waals surface area contributed by atoms with Crippen molar-refractivity contribution in [1.82, 2.24) is 4.90 Å². The van der Waals surface area contributed by atoms with Crippen LogP contribution >= 0.6 is 23.2 Å². The number of urea groups is 1. The number of nitrogens with zero attached hydrogens (tertiary/aromatic N) is 1. The number of aromatic carboxylic acids is 1. The van der Waals surface area contributed by atoms with Crippen LogP contribution in [0.5, 0.6) is 0 Å². The molecule has 0 saturated heterocycles. The zero-order valence-corrected chi connectivity index (χ0v) is 13.3. The molecule has 0 atom stereocenters. The standard InChI is InChI=1S/C14H16Cl2N2O3/c1-4-18(7-8(2)3)14(21)17-12-10(13(19)20)5-9(15)6-11(12)16/h5-6H,2,4,7H2,1,3H3,(H,17,21)(H,19,20). The maximum atomic E-state index is 12.2. The molecular weight excluding hydrogens is 315 g/mol. The number of hydrogen-bond donors (Lipinski definition) is 2. The second kappa shape index (κ2) is 7.33. The predicted molar refractivity (Wildman–Crippen MR) is 84.5 cm³/mol. The van der Waals surface area contributed by atoms with Gasteiger partial charge in [-0.2, -0.15) is 0 Å². The predicted octanol–water partition coefficient (Wildman–Crippen LogP) is 4.12. The van der Waals surface area contributed by atoms with Gasteiger partial charge in [0.05, 0.1) is 16.3 Å². The molecule has 0 aliphatic carbocycles. The SMILES string of the molecule is C=C(C)CN(CC)C(=O)Nc1c(Cl)cc(Cl)cc1C(=O)O. The lowest BCUT2D eigenvalue weighted by atomic mass is 10.2. The van der Waals surface area contributed by atoms with Crippen molar-refractivity contribution >= 4 is 40.9 Å². The number of amides is 2. The first-order valence-corrected chi connectivity index (χ1v) is 6.94. The molecule has 1 rings (SSSR count). The van der Waals surface area contributed by atoms with Gasteiger partial charge in [0.1, 0.15) is 0 Å². The van der Waals surface area contributed by atoms with Crippen LogP contribution in [0.3, 0.4) is 0 Å². The maximum Gasteiger partial charge on any atom is 0.337 e. The molecule has 0 heterocycles. The summed E-state index contributed by atoms with van der Waals surface area (Å²) >= 11 is 11.8. The molecule has 0 bridgehead atoms. The van der Waals surface area contributed by atoms with E-state index in [0.29, 0.717) is 13.1 Å². The minimum atomic E-state index is -1.22. The molecule has 0 aliphatic heterocycles. The molecule has 1 aromatic carbocycles. The van der Waals surface area contributed by atoms with Gasteiger partial charge in [-0.1, -0.05) is 35.4 Å². The van der Waals surface area contributed by atoms with Gasteiger partial charge in [-0.3, -0.25) is 0 Å². The summed E-state index contributed by atoms with van der Waals surface area (Å²) in [5, 5.41) is 11.9. The average molecular weight is 331 g/mol. The van der Waals surface area contributed by atoms with E-state index in [-0.39, 0.29) is 21.3 Å². The summed E-state index contributed by atoms with van der Waals surface area (Å²) in [6, 6.07) is 2.16. The van der Waals surface area contributed by atoms with Crippen LogP contribution in [-0.2, 0) is 0 Å². The largest absolute Gasteiger partial charge is 0.478 e. The Bertz CT molecular complexity index is 588. The lowest BCUT2D eigenvalue weighted by Gasteiger charge is -2.22. The van der Waals surface area contributed by atoms with Gasteiger partial charge in [-0.05, 0) is 26.0 Å². The molecule has 0 unspecified atom stereocenters. The van der Waals surface area contributed by atoms with Gasteiger partial charge in [-0.15, -0.1) is 0 Å². The summed E-state index contributed by atoms with van der Waals surface area (Å²) in [5.74, 6) is -1.22. The molecular formula is C14H16Cl2N2O3. The molecule has 0 aromatic heterocycles. The van der Waals surface area contributed by atoms with Gasteiger partial charge in [-0.25, -0.2) is 9.59 Å². The number of likely N-dealkylation sites (N-methyl/N-ethyl adjacent to an activating group) is 1. The summed E-state index contributed by atoms with van der Waals surface area (Å²) in [6.45, 7) is 8.18. The molecule has 0 radical (unpaired) electrons. The van der Waals surface area contributed by atoms with Gasteiger partial charge in [0.15, 0.2) is 0 Å². The van der Waals surface area contributed by atoms with E-state index in [2.05, 4.69) is 11.9 Å². The second-order valence-electron chi connectivity index (χ2n) is 4.52. The molecule has 0 saturated carbocycles. The molecule has 114 valence electrons.